The van der Waals surface area contributed by atoms with Crippen molar-refractivity contribution in [3.63, 3.8) is 0 Å². The number of aromatic nitrogens is 1. The van der Waals surface area contributed by atoms with Gasteiger partial charge in [-0.25, -0.2) is 0 Å². The lowest BCUT2D eigenvalue weighted by Gasteiger charge is -2.40. The summed E-state index contributed by atoms with van der Waals surface area (Å²) in [5.74, 6) is -0.00898. The van der Waals surface area contributed by atoms with Crippen molar-refractivity contribution in [2.24, 2.45) is 0 Å². The van der Waals surface area contributed by atoms with Gasteiger partial charge in [0.15, 0.2) is 5.75 Å². The van der Waals surface area contributed by atoms with Crippen LogP contribution in [0.3, 0.4) is 0 Å². The number of halogens is 1. The number of nitrogens with one attached hydrogen (secondary N) is 1. The van der Waals surface area contributed by atoms with Gasteiger partial charge in [0.25, 0.3) is 0 Å². The Balaban J connectivity index is 1.33. The number of hydrogen-bond donors (Lipinski definition) is 1. The van der Waals surface area contributed by atoms with Gasteiger partial charge in [0, 0.05) is 42.5 Å². The lowest BCUT2D eigenvalue weighted by molar-refractivity contribution is -0.131. The minimum atomic E-state index is -0.321. The Bertz CT molecular complexity index is 965. The summed E-state index contributed by atoms with van der Waals surface area (Å²) in [5.41, 5.74) is 3.36. The van der Waals surface area contributed by atoms with Gasteiger partial charge in [-0.2, -0.15) is 0 Å². The fourth-order valence-electron chi connectivity index (χ4n) is 3.73. The highest BCUT2D eigenvalue weighted by Crippen LogP contribution is 2.27. The van der Waals surface area contributed by atoms with E-state index in [1.54, 1.807) is 12.3 Å². The smallest absolute Gasteiger partial charge is 0.317 e. The quantitative estimate of drug-likeness (QED) is 0.775. The molecule has 0 bridgehead atoms. The molecule has 152 valence electrons. The summed E-state index contributed by atoms with van der Waals surface area (Å²) in [6, 6.07) is 7.95. The molecule has 2 aliphatic heterocycles. The minimum Gasteiger partial charge on any atom is -0.424 e. The molecule has 0 unspecified atom stereocenters. The normalized spacial score (nSPS) is 19.1. The molecule has 1 atom stereocenters. The fourth-order valence-corrected chi connectivity index (χ4v) is 3.85. The summed E-state index contributed by atoms with van der Waals surface area (Å²) >= 11 is 6.13. The van der Waals surface area contributed by atoms with Gasteiger partial charge in [-0.15, -0.1) is 0 Å². The molecule has 7 nitrogen and oxygen atoms in total. The molecule has 2 aromatic rings. The highest BCUT2D eigenvalue weighted by molar-refractivity contribution is 6.31. The molecule has 0 aliphatic carbocycles. The predicted molar refractivity (Wildman–Crippen MR) is 112 cm³/mol. The van der Waals surface area contributed by atoms with Gasteiger partial charge in [0.05, 0.1) is 30.5 Å². The van der Waals surface area contributed by atoms with E-state index in [-0.39, 0.29) is 24.3 Å². The number of rotatable bonds is 4. The van der Waals surface area contributed by atoms with Crippen LogP contribution in [-0.4, -0.2) is 54.0 Å². The van der Waals surface area contributed by atoms with Crippen LogP contribution >= 0.6 is 11.6 Å². The van der Waals surface area contributed by atoms with E-state index < -0.39 is 0 Å². The molecule has 0 saturated carbocycles. The second kappa shape index (κ2) is 8.00. The molecule has 8 heteroatoms. The molecule has 1 N–H and O–H groups in total. The van der Waals surface area contributed by atoms with Crippen LogP contribution in [0.15, 0.2) is 30.5 Å². The van der Waals surface area contributed by atoms with Gasteiger partial charge in [0.1, 0.15) is 0 Å². The molecule has 1 saturated heterocycles. The average Bonchev–Trinajstić information content (AvgIpc) is 3.05. The SMILES string of the molecule is Cc1cc(N2CCN(CC(=O)Nc3cnc4c(c3)OC(=O)C4)[C@H](C)C2)ccc1Cl. The molecular formula is C21H23ClN4O3. The number of hydrogen-bond acceptors (Lipinski definition) is 6. The molecule has 2 aliphatic rings. The molecular weight excluding hydrogens is 392 g/mol. The van der Waals surface area contributed by atoms with Crippen molar-refractivity contribution < 1.29 is 14.3 Å². The number of carbonyl (C=O) groups is 2. The number of piperazine rings is 1. The van der Waals surface area contributed by atoms with Crippen LogP contribution in [0.5, 0.6) is 5.75 Å². The molecule has 1 amide bonds. The van der Waals surface area contributed by atoms with Gasteiger partial charge in [-0.3, -0.25) is 19.5 Å². The zero-order valence-corrected chi connectivity index (χ0v) is 17.2. The summed E-state index contributed by atoms with van der Waals surface area (Å²) < 4.78 is 5.09. The van der Waals surface area contributed by atoms with Crippen LogP contribution in [0.4, 0.5) is 11.4 Å². The second-order valence-corrected chi connectivity index (χ2v) is 7.97. The molecule has 3 heterocycles. The lowest BCUT2D eigenvalue weighted by Crippen LogP contribution is -2.53. The van der Waals surface area contributed by atoms with Crippen LogP contribution in [0.25, 0.3) is 0 Å². The Hall–Kier alpha value is -2.64. The van der Waals surface area contributed by atoms with E-state index in [2.05, 4.69) is 33.1 Å². The summed E-state index contributed by atoms with van der Waals surface area (Å²) in [5, 5.41) is 3.62. The van der Waals surface area contributed by atoms with Gasteiger partial charge < -0.3 is 15.0 Å². The first-order valence-electron chi connectivity index (χ1n) is 9.63. The third-order valence-corrected chi connectivity index (χ3v) is 5.79. The molecule has 1 aromatic heterocycles. The van der Waals surface area contributed by atoms with Gasteiger partial charge in [-0.05, 0) is 37.6 Å². The number of fused-ring (bicyclic) bond motifs is 1. The van der Waals surface area contributed by atoms with Crippen LogP contribution in [-0.2, 0) is 16.0 Å². The zero-order chi connectivity index (χ0) is 20.5. The molecule has 4 rings (SSSR count). The number of pyridine rings is 1. The fraction of sp³-hybridized carbons (Fsp3) is 0.381. The van der Waals surface area contributed by atoms with Crippen LogP contribution in [0.1, 0.15) is 18.2 Å². The summed E-state index contributed by atoms with van der Waals surface area (Å²) in [6.07, 6.45) is 1.74. The molecule has 0 spiro atoms. The first kappa shape index (κ1) is 19.7. The molecule has 29 heavy (non-hydrogen) atoms. The standard InChI is InChI=1S/C21H23ClN4O3/c1-13-7-16(3-4-17(13)22)26-6-5-25(14(2)11-26)12-20(27)24-15-8-19-18(23-10-15)9-21(28)29-19/h3-4,7-8,10,14H,5-6,9,11-12H2,1-2H3,(H,24,27)/t14-/m1/s1. The number of anilines is 2. The minimum absolute atomic E-state index is 0.112. The highest BCUT2D eigenvalue weighted by Gasteiger charge is 2.26. The average molecular weight is 415 g/mol. The summed E-state index contributed by atoms with van der Waals surface area (Å²) in [6.45, 7) is 6.89. The van der Waals surface area contributed by atoms with E-state index in [0.29, 0.717) is 23.7 Å². The number of ether oxygens (including phenoxy) is 1. The van der Waals surface area contributed by atoms with Crippen LogP contribution in [0, 0.1) is 6.92 Å². The number of aryl methyl sites for hydroxylation is 1. The first-order valence-corrected chi connectivity index (χ1v) is 10.0. The monoisotopic (exact) mass is 414 g/mol. The van der Waals surface area contributed by atoms with Crippen molar-refractivity contribution >= 4 is 34.9 Å². The van der Waals surface area contributed by atoms with Crippen molar-refractivity contribution in [1.29, 1.82) is 0 Å². The summed E-state index contributed by atoms with van der Waals surface area (Å²) in [7, 11) is 0. The maximum atomic E-state index is 12.5. The predicted octanol–water partition coefficient (Wildman–Crippen LogP) is 2.65. The first-order chi connectivity index (χ1) is 13.9. The number of amides is 1. The van der Waals surface area contributed by atoms with Crippen molar-refractivity contribution in [1.82, 2.24) is 9.88 Å². The van der Waals surface area contributed by atoms with E-state index >= 15 is 0 Å². The zero-order valence-electron chi connectivity index (χ0n) is 16.4. The van der Waals surface area contributed by atoms with Gasteiger partial charge in [-0.1, -0.05) is 11.6 Å². The number of nitrogens with zero attached hydrogens (tertiary/aromatic N) is 3. The summed E-state index contributed by atoms with van der Waals surface area (Å²) in [4.78, 5) is 32.5. The Labute approximate surface area is 174 Å². The number of carbonyl (C=O) groups excluding carboxylic acids is 2. The third kappa shape index (κ3) is 4.36. The van der Waals surface area contributed by atoms with Crippen molar-refractivity contribution in [2.45, 2.75) is 26.3 Å². The largest absolute Gasteiger partial charge is 0.424 e. The molecule has 1 fully saturated rings. The van der Waals surface area contributed by atoms with Crippen molar-refractivity contribution in [2.75, 3.05) is 36.4 Å². The van der Waals surface area contributed by atoms with Gasteiger partial charge >= 0.3 is 5.97 Å². The van der Waals surface area contributed by atoms with E-state index in [1.807, 2.05) is 19.1 Å². The lowest BCUT2D eigenvalue weighted by atomic mass is 10.1. The maximum Gasteiger partial charge on any atom is 0.317 e. The Morgan fingerprint density at radius 1 is 1.34 bits per heavy atom. The highest BCUT2D eigenvalue weighted by atomic mass is 35.5. The van der Waals surface area contributed by atoms with E-state index in [1.165, 1.54) is 0 Å². The van der Waals surface area contributed by atoms with E-state index in [0.717, 1.165) is 35.9 Å². The van der Waals surface area contributed by atoms with Crippen LogP contribution < -0.4 is 15.0 Å². The Kier molecular flexibility index (Phi) is 5.43. The van der Waals surface area contributed by atoms with Gasteiger partial charge in [0.2, 0.25) is 5.91 Å². The topological polar surface area (TPSA) is 74.8 Å². The Morgan fingerprint density at radius 2 is 2.17 bits per heavy atom. The number of benzene rings is 1. The van der Waals surface area contributed by atoms with Crippen LogP contribution in [0.2, 0.25) is 5.02 Å². The second-order valence-electron chi connectivity index (χ2n) is 7.57. The number of esters is 1. The van der Waals surface area contributed by atoms with E-state index in [9.17, 15) is 9.59 Å². The Morgan fingerprint density at radius 3 is 2.93 bits per heavy atom. The third-order valence-electron chi connectivity index (χ3n) is 5.37. The van der Waals surface area contributed by atoms with Crippen molar-refractivity contribution in [3.8, 4) is 5.75 Å². The molecule has 0 radical (unpaired) electrons. The van der Waals surface area contributed by atoms with Crippen molar-refractivity contribution in [3.05, 3.63) is 46.7 Å². The maximum absolute atomic E-state index is 12.5. The van der Waals surface area contributed by atoms with E-state index in [4.69, 9.17) is 16.3 Å². The molecule has 1 aromatic carbocycles.